The lowest BCUT2D eigenvalue weighted by Crippen LogP contribution is -2.46. The minimum atomic E-state index is 0.629. The second-order valence-electron chi connectivity index (χ2n) is 4.41. The predicted molar refractivity (Wildman–Crippen MR) is 50.4 cm³/mol. The maximum atomic E-state index is 5.56. The third kappa shape index (κ3) is 1.50. The normalized spacial score (nSPS) is 42.2. The fourth-order valence-electron chi connectivity index (χ4n) is 3.15. The Kier molecular flexibility index (Phi) is 2.66. The zero-order valence-corrected chi connectivity index (χ0v) is 7.76. The van der Waals surface area contributed by atoms with Crippen molar-refractivity contribution >= 4 is 0 Å². The van der Waals surface area contributed by atoms with Gasteiger partial charge in [-0.05, 0) is 24.7 Å². The van der Waals surface area contributed by atoms with Crippen molar-refractivity contribution in [1.82, 2.24) is 5.43 Å². The minimum absolute atomic E-state index is 0.629. The fourth-order valence-corrected chi connectivity index (χ4v) is 3.15. The first-order valence-electron chi connectivity index (χ1n) is 5.38. The van der Waals surface area contributed by atoms with E-state index < -0.39 is 0 Å². The largest absolute Gasteiger partial charge is 0.271 e. The van der Waals surface area contributed by atoms with Crippen LogP contribution in [0.5, 0.6) is 0 Å². The molecule has 2 heteroatoms. The SMILES string of the molecule is NN[C@@H]1CCC[C@H]2CCCC[C@@H]21. The van der Waals surface area contributed by atoms with Crippen molar-refractivity contribution in [3.63, 3.8) is 0 Å². The molecule has 3 atom stereocenters. The van der Waals surface area contributed by atoms with E-state index in [0.29, 0.717) is 6.04 Å². The molecule has 3 N–H and O–H groups in total. The topological polar surface area (TPSA) is 38.0 Å². The molecule has 0 saturated heterocycles. The third-order valence-electron chi connectivity index (χ3n) is 3.79. The lowest BCUT2D eigenvalue weighted by Gasteiger charge is -2.41. The highest BCUT2D eigenvalue weighted by atomic mass is 15.2. The summed E-state index contributed by atoms with van der Waals surface area (Å²) in [6.07, 6.45) is 9.91. The average Bonchev–Trinajstić information content (AvgIpc) is 2.17. The van der Waals surface area contributed by atoms with Crippen LogP contribution < -0.4 is 11.3 Å². The molecule has 0 aromatic rings. The van der Waals surface area contributed by atoms with Crippen molar-refractivity contribution in [1.29, 1.82) is 0 Å². The predicted octanol–water partition coefficient (Wildman–Crippen LogP) is 1.81. The van der Waals surface area contributed by atoms with Gasteiger partial charge in [-0.15, -0.1) is 0 Å². The van der Waals surface area contributed by atoms with Crippen LogP contribution in [0.3, 0.4) is 0 Å². The van der Waals surface area contributed by atoms with Crippen LogP contribution in [0.4, 0.5) is 0 Å². The summed E-state index contributed by atoms with van der Waals surface area (Å²) in [7, 11) is 0. The molecule has 0 aromatic carbocycles. The monoisotopic (exact) mass is 168 g/mol. The van der Waals surface area contributed by atoms with E-state index in [9.17, 15) is 0 Å². The summed E-state index contributed by atoms with van der Waals surface area (Å²) >= 11 is 0. The van der Waals surface area contributed by atoms with E-state index in [0.717, 1.165) is 11.8 Å². The van der Waals surface area contributed by atoms with Crippen LogP contribution in [0.2, 0.25) is 0 Å². The van der Waals surface area contributed by atoms with E-state index in [-0.39, 0.29) is 0 Å². The van der Waals surface area contributed by atoms with E-state index in [2.05, 4.69) is 5.43 Å². The molecule has 2 aliphatic carbocycles. The fraction of sp³-hybridized carbons (Fsp3) is 1.00. The summed E-state index contributed by atoms with van der Waals surface area (Å²) in [6.45, 7) is 0. The summed E-state index contributed by atoms with van der Waals surface area (Å²) in [5.74, 6) is 7.45. The van der Waals surface area contributed by atoms with Gasteiger partial charge in [0.2, 0.25) is 0 Å². The summed E-state index contributed by atoms with van der Waals surface area (Å²) in [6, 6.07) is 0.629. The van der Waals surface area contributed by atoms with Crippen molar-refractivity contribution in [3.05, 3.63) is 0 Å². The van der Waals surface area contributed by atoms with Crippen LogP contribution in [-0.2, 0) is 0 Å². The second kappa shape index (κ2) is 3.75. The summed E-state index contributed by atoms with van der Waals surface area (Å²) < 4.78 is 0. The number of hydrogen-bond acceptors (Lipinski definition) is 2. The van der Waals surface area contributed by atoms with Crippen LogP contribution in [0.25, 0.3) is 0 Å². The van der Waals surface area contributed by atoms with Gasteiger partial charge in [-0.3, -0.25) is 11.3 Å². The van der Waals surface area contributed by atoms with Gasteiger partial charge in [0, 0.05) is 6.04 Å². The van der Waals surface area contributed by atoms with Crippen molar-refractivity contribution in [2.24, 2.45) is 17.7 Å². The highest BCUT2D eigenvalue weighted by molar-refractivity contribution is 4.87. The highest BCUT2D eigenvalue weighted by Gasteiger charge is 2.33. The molecule has 2 aliphatic rings. The molecule has 2 saturated carbocycles. The van der Waals surface area contributed by atoms with Crippen molar-refractivity contribution in [2.75, 3.05) is 0 Å². The van der Waals surface area contributed by atoms with Crippen LogP contribution >= 0.6 is 0 Å². The van der Waals surface area contributed by atoms with Gasteiger partial charge >= 0.3 is 0 Å². The molecule has 0 aliphatic heterocycles. The number of rotatable bonds is 1. The van der Waals surface area contributed by atoms with Gasteiger partial charge in [0.15, 0.2) is 0 Å². The molecule has 0 spiro atoms. The Hall–Kier alpha value is -0.0800. The standard InChI is InChI=1S/C10H20N2/c11-12-10-7-3-5-8-4-1-2-6-9(8)10/h8-10,12H,1-7,11H2/t8-,9+,10-/m1/s1. The van der Waals surface area contributed by atoms with Crippen molar-refractivity contribution < 1.29 is 0 Å². The Bertz CT molecular complexity index is 138. The molecule has 0 amide bonds. The van der Waals surface area contributed by atoms with Crippen LogP contribution in [-0.4, -0.2) is 6.04 Å². The highest BCUT2D eigenvalue weighted by Crippen LogP contribution is 2.40. The molecule has 0 radical (unpaired) electrons. The summed E-state index contributed by atoms with van der Waals surface area (Å²) in [5.41, 5.74) is 3.00. The Morgan fingerprint density at radius 1 is 0.917 bits per heavy atom. The number of fused-ring (bicyclic) bond motifs is 1. The number of hydrogen-bond donors (Lipinski definition) is 2. The summed E-state index contributed by atoms with van der Waals surface area (Å²) in [4.78, 5) is 0. The maximum absolute atomic E-state index is 5.56. The molecule has 2 rings (SSSR count). The summed E-state index contributed by atoms with van der Waals surface area (Å²) in [5, 5.41) is 0. The van der Waals surface area contributed by atoms with Gasteiger partial charge < -0.3 is 0 Å². The molecule has 2 nitrogen and oxygen atoms in total. The molecular weight excluding hydrogens is 148 g/mol. The Balaban J connectivity index is 1.99. The zero-order valence-electron chi connectivity index (χ0n) is 7.76. The lowest BCUT2D eigenvalue weighted by molar-refractivity contribution is 0.126. The van der Waals surface area contributed by atoms with Crippen LogP contribution in [0.15, 0.2) is 0 Å². The first kappa shape index (κ1) is 8.52. The van der Waals surface area contributed by atoms with Crippen molar-refractivity contribution in [3.8, 4) is 0 Å². The van der Waals surface area contributed by atoms with Gasteiger partial charge in [-0.1, -0.05) is 32.1 Å². The molecule has 12 heavy (non-hydrogen) atoms. The molecule has 0 heterocycles. The number of hydrazine groups is 1. The number of nitrogens with two attached hydrogens (primary N) is 1. The first-order chi connectivity index (χ1) is 5.92. The maximum Gasteiger partial charge on any atom is 0.0241 e. The molecule has 0 bridgehead atoms. The Morgan fingerprint density at radius 3 is 2.50 bits per heavy atom. The third-order valence-corrected chi connectivity index (χ3v) is 3.79. The zero-order chi connectivity index (χ0) is 8.39. The Morgan fingerprint density at radius 2 is 1.67 bits per heavy atom. The average molecular weight is 168 g/mol. The Labute approximate surface area is 74.9 Å². The van der Waals surface area contributed by atoms with E-state index in [4.69, 9.17) is 5.84 Å². The molecular formula is C10H20N2. The quantitative estimate of drug-likeness (QED) is 0.463. The number of nitrogens with one attached hydrogen (secondary N) is 1. The smallest absolute Gasteiger partial charge is 0.0241 e. The van der Waals surface area contributed by atoms with Gasteiger partial charge in [-0.2, -0.15) is 0 Å². The van der Waals surface area contributed by atoms with Gasteiger partial charge in [0.25, 0.3) is 0 Å². The molecule has 2 fully saturated rings. The van der Waals surface area contributed by atoms with Crippen LogP contribution in [0, 0.1) is 11.8 Å². The first-order valence-corrected chi connectivity index (χ1v) is 5.38. The van der Waals surface area contributed by atoms with Gasteiger partial charge in [0.05, 0.1) is 0 Å². The van der Waals surface area contributed by atoms with E-state index >= 15 is 0 Å². The minimum Gasteiger partial charge on any atom is -0.271 e. The molecule has 0 unspecified atom stereocenters. The van der Waals surface area contributed by atoms with Crippen molar-refractivity contribution in [2.45, 2.75) is 51.0 Å². The van der Waals surface area contributed by atoms with E-state index in [1.54, 1.807) is 0 Å². The second-order valence-corrected chi connectivity index (χ2v) is 4.41. The lowest BCUT2D eigenvalue weighted by atomic mass is 9.68. The van der Waals surface area contributed by atoms with Gasteiger partial charge in [0.1, 0.15) is 0 Å². The van der Waals surface area contributed by atoms with E-state index in [1.165, 1.54) is 44.9 Å². The molecule has 0 aromatic heterocycles. The van der Waals surface area contributed by atoms with E-state index in [1.807, 2.05) is 0 Å². The molecule has 70 valence electrons. The van der Waals surface area contributed by atoms with Gasteiger partial charge in [-0.25, -0.2) is 0 Å². The van der Waals surface area contributed by atoms with Crippen LogP contribution in [0.1, 0.15) is 44.9 Å².